The molecule has 1 aliphatic heterocycles. The summed E-state index contributed by atoms with van der Waals surface area (Å²) in [5.41, 5.74) is 3.33. The number of carbonyl (C=O) groups is 1. The molecular formula is C22H28FN3O2. The van der Waals surface area contributed by atoms with Crippen molar-refractivity contribution in [3.05, 3.63) is 59.4 Å². The van der Waals surface area contributed by atoms with Crippen LogP contribution in [-0.2, 0) is 4.79 Å². The standard InChI is InChI=1S/C22H28FN3O2/c1-17-3-8-21(18(2)15-17)28-14-9-24-22(27)16-25-10-12-26(13-11-25)20-6-4-19(23)5-7-20/h3-8,15H,9-14,16H2,1-2H3,(H,24,27). The summed E-state index contributed by atoms with van der Waals surface area (Å²) in [6.07, 6.45) is 0. The molecule has 1 heterocycles. The van der Waals surface area contributed by atoms with E-state index in [1.165, 1.54) is 17.7 Å². The van der Waals surface area contributed by atoms with Crippen molar-refractivity contribution in [2.24, 2.45) is 0 Å². The van der Waals surface area contributed by atoms with Crippen LogP contribution in [0.1, 0.15) is 11.1 Å². The minimum absolute atomic E-state index is 0.0134. The Hall–Kier alpha value is -2.60. The molecule has 0 aromatic heterocycles. The maximum absolute atomic E-state index is 13.0. The van der Waals surface area contributed by atoms with Gasteiger partial charge in [-0.1, -0.05) is 17.7 Å². The van der Waals surface area contributed by atoms with Crippen LogP contribution in [0, 0.1) is 19.7 Å². The minimum Gasteiger partial charge on any atom is -0.491 e. The fourth-order valence-corrected chi connectivity index (χ4v) is 3.39. The predicted octanol–water partition coefficient (Wildman–Crippen LogP) is 2.76. The van der Waals surface area contributed by atoms with Gasteiger partial charge in [-0.15, -0.1) is 0 Å². The van der Waals surface area contributed by atoms with E-state index < -0.39 is 0 Å². The Morgan fingerprint density at radius 2 is 1.79 bits per heavy atom. The third-order valence-electron chi connectivity index (χ3n) is 4.94. The number of ether oxygens (including phenoxy) is 1. The lowest BCUT2D eigenvalue weighted by molar-refractivity contribution is -0.122. The number of aryl methyl sites for hydroxylation is 2. The Morgan fingerprint density at radius 3 is 2.46 bits per heavy atom. The zero-order valence-corrected chi connectivity index (χ0v) is 16.6. The highest BCUT2D eigenvalue weighted by Gasteiger charge is 2.19. The normalized spacial score (nSPS) is 14.8. The summed E-state index contributed by atoms with van der Waals surface area (Å²) in [5, 5.41) is 2.92. The summed E-state index contributed by atoms with van der Waals surface area (Å²) >= 11 is 0. The molecule has 0 spiro atoms. The fraction of sp³-hybridized carbons (Fsp3) is 0.409. The number of halogens is 1. The van der Waals surface area contributed by atoms with Gasteiger partial charge in [0.25, 0.3) is 0 Å². The number of anilines is 1. The Labute approximate surface area is 166 Å². The van der Waals surface area contributed by atoms with Gasteiger partial charge in [0.05, 0.1) is 13.1 Å². The second kappa shape index (κ2) is 9.55. The number of piperazine rings is 1. The van der Waals surface area contributed by atoms with E-state index in [1.54, 1.807) is 12.1 Å². The number of rotatable bonds is 7. The van der Waals surface area contributed by atoms with Crippen LogP contribution in [0.4, 0.5) is 10.1 Å². The van der Waals surface area contributed by atoms with Crippen LogP contribution in [0.3, 0.4) is 0 Å². The van der Waals surface area contributed by atoms with Crippen molar-refractivity contribution < 1.29 is 13.9 Å². The van der Waals surface area contributed by atoms with E-state index in [0.29, 0.717) is 19.7 Å². The Balaban J connectivity index is 1.34. The van der Waals surface area contributed by atoms with E-state index in [2.05, 4.69) is 28.1 Å². The zero-order valence-electron chi connectivity index (χ0n) is 16.6. The highest BCUT2D eigenvalue weighted by Crippen LogP contribution is 2.18. The summed E-state index contributed by atoms with van der Waals surface area (Å²) in [6, 6.07) is 12.6. The Kier molecular flexibility index (Phi) is 6.87. The number of nitrogens with one attached hydrogen (secondary N) is 1. The van der Waals surface area contributed by atoms with Gasteiger partial charge in [0.1, 0.15) is 18.2 Å². The molecule has 1 saturated heterocycles. The van der Waals surface area contributed by atoms with Gasteiger partial charge in [-0.05, 0) is 49.7 Å². The molecule has 1 amide bonds. The molecule has 2 aromatic rings. The molecule has 0 radical (unpaired) electrons. The molecule has 3 rings (SSSR count). The number of nitrogens with zero attached hydrogens (tertiary/aromatic N) is 2. The van der Waals surface area contributed by atoms with Gasteiger partial charge in [0, 0.05) is 31.9 Å². The van der Waals surface area contributed by atoms with Crippen LogP contribution in [0.5, 0.6) is 5.75 Å². The molecule has 0 aliphatic carbocycles. The number of hydrogen-bond acceptors (Lipinski definition) is 4. The summed E-state index contributed by atoms with van der Waals surface area (Å²) in [7, 11) is 0. The van der Waals surface area contributed by atoms with Gasteiger partial charge in [0.15, 0.2) is 0 Å². The summed E-state index contributed by atoms with van der Waals surface area (Å²) in [4.78, 5) is 16.5. The second-order valence-corrected chi connectivity index (χ2v) is 7.21. The Bertz CT molecular complexity index is 787. The van der Waals surface area contributed by atoms with Crippen LogP contribution in [0.25, 0.3) is 0 Å². The van der Waals surface area contributed by atoms with Gasteiger partial charge in [0.2, 0.25) is 5.91 Å². The highest BCUT2D eigenvalue weighted by molar-refractivity contribution is 5.78. The van der Waals surface area contributed by atoms with Crippen molar-refractivity contribution in [2.75, 3.05) is 50.8 Å². The molecule has 2 aromatic carbocycles. The molecule has 0 unspecified atom stereocenters. The van der Waals surface area contributed by atoms with Gasteiger partial charge < -0.3 is 15.0 Å². The molecule has 28 heavy (non-hydrogen) atoms. The third-order valence-corrected chi connectivity index (χ3v) is 4.94. The van der Waals surface area contributed by atoms with Gasteiger partial charge >= 0.3 is 0 Å². The molecule has 5 nitrogen and oxygen atoms in total. The molecule has 6 heteroatoms. The van der Waals surface area contributed by atoms with Gasteiger partial charge in [-0.3, -0.25) is 9.69 Å². The molecule has 1 N–H and O–H groups in total. The van der Waals surface area contributed by atoms with E-state index in [9.17, 15) is 9.18 Å². The molecule has 1 fully saturated rings. The van der Waals surface area contributed by atoms with Crippen molar-refractivity contribution >= 4 is 11.6 Å². The first kappa shape index (κ1) is 20.1. The van der Waals surface area contributed by atoms with Crippen LogP contribution in [-0.4, -0.2) is 56.7 Å². The van der Waals surface area contributed by atoms with E-state index in [4.69, 9.17) is 4.74 Å². The predicted molar refractivity (Wildman–Crippen MR) is 109 cm³/mol. The topological polar surface area (TPSA) is 44.8 Å². The number of amides is 1. The van der Waals surface area contributed by atoms with E-state index in [-0.39, 0.29) is 11.7 Å². The van der Waals surface area contributed by atoms with Crippen LogP contribution in [0.15, 0.2) is 42.5 Å². The van der Waals surface area contributed by atoms with Crippen molar-refractivity contribution in [1.82, 2.24) is 10.2 Å². The van der Waals surface area contributed by atoms with E-state index in [0.717, 1.165) is 43.2 Å². The number of hydrogen-bond donors (Lipinski definition) is 1. The first-order valence-corrected chi connectivity index (χ1v) is 9.71. The van der Waals surface area contributed by atoms with Gasteiger partial charge in [-0.2, -0.15) is 0 Å². The average Bonchev–Trinajstić information content (AvgIpc) is 2.68. The number of benzene rings is 2. The molecule has 0 saturated carbocycles. The lowest BCUT2D eigenvalue weighted by Gasteiger charge is -2.35. The van der Waals surface area contributed by atoms with Crippen LogP contribution in [0.2, 0.25) is 0 Å². The molecule has 1 aliphatic rings. The Morgan fingerprint density at radius 1 is 1.07 bits per heavy atom. The summed E-state index contributed by atoms with van der Waals surface area (Å²) < 4.78 is 18.8. The molecule has 0 bridgehead atoms. The van der Waals surface area contributed by atoms with Crippen LogP contribution >= 0.6 is 0 Å². The minimum atomic E-state index is -0.222. The average molecular weight is 385 g/mol. The summed E-state index contributed by atoms with van der Waals surface area (Å²) in [5.74, 6) is 0.650. The van der Waals surface area contributed by atoms with Crippen molar-refractivity contribution in [2.45, 2.75) is 13.8 Å². The third kappa shape index (κ3) is 5.70. The van der Waals surface area contributed by atoms with E-state index in [1.807, 2.05) is 19.1 Å². The lowest BCUT2D eigenvalue weighted by atomic mass is 10.1. The zero-order chi connectivity index (χ0) is 19.9. The second-order valence-electron chi connectivity index (χ2n) is 7.21. The monoisotopic (exact) mass is 385 g/mol. The highest BCUT2D eigenvalue weighted by atomic mass is 19.1. The quantitative estimate of drug-likeness (QED) is 0.745. The van der Waals surface area contributed by atoms with Crippen LogP contribution < -0.4 is 15.0 Å². The first-order valence-electron chi connectivity index (χ1n) is 9.71. The SMILES string of the molecule is Cc1ccc(OCCNC(=O)CN2CCN(c3ccc(F)cc3)CC2)c(C)c1. The molecule has 150 valence electrons. The van der Waals surface area contributed by atoms with Crippen molar-refractivity contribution in [3.8, 4) is 5.75 Å². The maximum Gasteiger partial charge on any atom is 0.234 e. The molecular weight excluding hydrogens is 357 g/mol. The van der Waals surface area contributed by atoms with E-state index >= 15 is 0 Å². The molecule has 0 atom stereocenters. The number of carbonyl (C=O) groups excluding carboxylic acids is 1. The smallest absolute Gasteiger partial charge is 0.234 e. The largest absolute Gasteiger partial charge is 0.491 e. The van der Waals surface area contributed by atoms with Crippen molar-refractivity contribution in [3.63, 3.8) is 0 Å². The summed E-state index contributed by atoms with van der Waals surface area (Å²) in [6.45, 7) is 8.68. The fourth-order valence-electron chi connectivity index (χ4n) is 3.39. The maximum atomic E-state index is 13.0. The van der Waals surface area contributed by atoms with Crippen molar-refractivity contribution in [1.29, 1.82) is 0 Å². The first-order chi connectivity index (χ1) is 13.5. The van der Waals surface area contributed by atoms with Gasteiger partial charge in [-0.25, -0.2) is 4.39 Å². The lowest BCUT2D eigenvalue weighted by Crippen LogP contribution is -2.49.